The van der Waals surface area contributed by atoms with E-state index in [1.165, 1.54) is 7.11 Å². The molecule has 0 saturated heterocycles. The number of ether oxygens (including phenoxy) is 1. The van der Waals surface area contributed by atoms with Crippen LogP contribution in [0, 0.1) is 5.92 Å². The molecule has 1 aromatic carbocycles. The molecule has 0 bridgehead atoms. The van der Waals surface area contributed by atoms with E-state index in [9.17, 15) is 13.2 Å². The maximum absolute atomic E-state index is 12.5. The van der Waals surface area contributed by atoms with Gasteiger partial charge in [0, 0.05) is 4.47 Å². The van der Waals surface area contributed by atoms with Gasteiger partial charge in [0.1, 0.15) is 0 Å². The van der Waals surface area contributed by atoms with Crippen molar-refractivity contribution in [2.45, 2.75) is 24.5 Å². The lowest BCUT2D eigenvalue weighted by Gasteiger charge is -2.19. The van der Waals surface area contributed by atoms with Gasteiger partial charge >= 0.3 is 5.97 Å². The lowest BCUT2D eigenvalue weighted by molar-refractivity contribution is -0.145. The number of anilines is 1. The first-order chi connectivity index (χ1) is 9.85. The van der Waals surface area contributed by atoms with Crippen LogP contribution in [0.4, 0.5) is 5.69 Å². The van der Waals surface area contributed by atoms with Gasteiger partial charge in [-0.2, -0.15) is 0 Å². The largest absolute Gasteiger partial charge is 0.469 e. The highest BCUT2D eigenvalue weighted by Crippen LogP contribution is 2.34. The number of halogens is 2. The molecule has 1 aliphatic carbocycles. The number of hydrogen-bond acceptors (Lipinski definition) is 4. The quantitative estimate of drug-likeness (QED) is 0.793. The van der Waals surface area contributed by atoms with E-state index in [1.54, 1.807) is 18.2 Å². The molecule has 0 aromatic heterocycles. The fourth-order valence-electron chi connectivity index (χ4n) is 2.52. The topological polar surface area (TPSA) is 72.5 Å². The van der Waals surface area contributed by atoms with Gasteiger partial charge in [-0.25, -0.2) is 8.42 Å². The number of esters is 1. The summed E-state index contributed by atoms with van der Waals surface area (Å²) in [7, 11) is -2.44. The molecule has 2 rings (SSSR count). The van der Waals surface area contributed by atoms with Gasteiger partial charge in [-0.05, 0) is 31.0 Å². The highest BCUT2D eigenvalue weighted by molar-refractivity contribution is 9.10. The van der Waals surface area contributed by atoms with Crippen LogP contribution in [-0.2, 0) is 19.6 Å². The molecule has 0 spiro atoms. The second-order valence-electron chi connectivity index (χ2n) is 4.87. The normalized spacial score (nSPS) is 22.0. The first-order valence-corrected chi connectivity index (χ1v) is 9.11. The van der Waals surface area contributed by atoms with Gasteiger partial charge in [0.25, 0.3) is 0 Å². The van der Waals surface area contributed by atoms with Crippen LogP contribution in [0.2, 0.25) is 5.02 Å². The number of hydrogen-bond donors (Lipinski definition) is 1. The van der Waals surface area contributed by atoms with Crippen LogP contribution in [0.1, 0.15) is 19.3 Å². The zero-order valence-corrected chi connectivity index (χ0v) is 14.5. The molecule has 0 radical (unpaired) electrons. The van der Waals surface area contributed by atoms with Gasteiger partial charge in [0.05, 0.1) is 29.0 Å². The second-order valence-corrected chi connectivity index (χ2v) is 8.09. The van der Waals surface area contributed by atoms with Crippen LogP contribution in [0.5, 0.6) is 0 Å². The van der Waals surface area contributed by atoms with Crippen molar-refractivity contribution in [1.82, 2.24) is 0 Å². The van der Waals surface area contributed by atoms with E-state index in [0.717, 1.165) is 4.47 Å². The molecular formula is C13H15BrClNO4S. The van der Waals surface area contributed by atoms with E-state index in [4.69, 9.17) is 11.6 Å². The number of sulfonamides is 1. The van der Waals surface area contributed by atoms with Gasteiger partial charge in [0.15, 0.2) is 0 Å². The molecule has 1 aromatic rings. The van der Waals surface area contributed by atoms with Crippen LogP contribution >= 0.6 is 27.5 Å². The number of carbonyl (C=O) groups excluding carboxylic acids is 1. The molecule has 1 aliphatic rings. The smallest absolute Gasteiger partial charge is 0.310 e. The van der Waals surface area contributed by atoms with Gasteiger partial charge in [-0.15, -0.1) is 0 Å². The van der Waals surface area contributed by atoms with Crippen molar-refractivity contribution in [3.63, 3.8) is 0 Å². The molecule has 0 amide bonds. The fraction of sp³-hybridized carbons (Fsp3) is 0.462. The Morgan fingerprint density at radius 3 is 2.76 bits per heavy atom. The molecular weight excluding hydrogens is 382 g/mol. The highest BCUT2D eigenvalue weighted by atomic mass is 79.9. The van der Waals surface area contributed by atoms with E-state index in [1.807, 2.05) is 0 Å². The Hall–Kier alpha value is -0.790. The summed E-state index contributed by atoms with van der Waals surface area (Å²) < 4.78 is 32.9. The Kier molecular flexibility index (Phi) is 5.16. The molecule has 1 saturated carbocycles. The lowest BCUT2D eigenvalue weighted by Crippen LogP contribution is -2.35. The SMILES string of the molecule is COC(=O)C1CCCC1S(=O)(=O)Nc1ccc(Br)cc1Cl. The van der Waals surface area contributed by atoms with Crippen molar-refractivity contribution < 1.29 is 17.9 Å². The van der Waals surface area contributed by atoms with Crippen LogP contribution in [-0.4, -0.2) is 26.7 Å². The Balaban J connectivity index is 2.23. The van der Waals surface area contributed by atoms with Gasteiger partial charge in [-0.3, -0.25) is 9.52 Å². The van der Waals surface area contributed by atoms with Crippen LogP contribution in [0.15, 0.2) is 22.7 Å². The Labute approximate surface area is 137 Å². The van der Waals surface area contributed by atoms with Crippen molar-refractivity contribution in [3.05, 3.63) is 27.7 Å². The third kappa shape index (κ3) is 3.70. The predicted octanol–water partition coefficient (Wildman–Crippen LogP) is 3.19. The summed E-state index contributed by atoms with van der Waals surface area (Å²) in [6.07, 6.45) is 1.63. The van der Waals surface area contributed by atoms with E-state index >= 15 is 0 Å². The summed E-state index contributed by atoms with van der Waals surface area (Å²) in [6, 6.07) is 4.87. The first-order valence-electron chi connectivity index (χ1n) is 6.39. The molecule has 0 aliphatic heterocycles. The average molecular weight is 397 g/mol. The maximum atomic E-state index is 12.5. The molecule has 0 heterocycles. The molecule has 116 valence electrons. The minimum absolute atomic E-state index is 0.292. The minimum atomic E-state index is -3.70. The Morgan fingerprint density at radius 1 is 1.43 bits per heavy atom. The average Bonchev–Trinajstić information content (AvgIpc) is 2.91. The van der Waals surface area contributed by atoms with Crippen molar-refractivity contribution in [2.24, 2.45) is 5.92 Å². The zero-order chi connectivity index (χ0) is 15.6. The molecule has 21 heavy (non-hydrogen) atoms. The van der Waals surface area contributed by atoms with E-state index in [2.05, 4.69) is 25.4 Å². The summed E-state index contributed by atoms with van der Waals surface area (Å²) in [5, 5.41) is -0.495. The number of carbonyl (C=O) groups is 1. The van der Waals surface area contributed by atoms with Crippen molar-refractivity contribution >= 4 is 49.2 Å². The van der Waals surface area contributed by atoms with Gasteiger partial charge in [0.2, 0.25) is 10.0 Å². The zero-order valence-electron chi connectivity index (χ0n) is 11.3. The summed E-state index contributed by atoms with van der Waals surface area (Å²) in [5.74, 6) is -1.11. The third-order valence-electron chi connectivity index (χ3n) is 3.54. The van der Waals surface area contributed by atoms with Crippen LogP contribution < -0.4 is 4.72 Å². The van der Waals surface area contributed by atoms with Crippen LogP contribution in [0.3, 0.4) is 0 Å². The minimum Gasteiger partial charge on any atom is -0.469 e. The molecule has 1 fully saturated rings. The van der Waals surface area contributed by atoms with E-state index < -0.39 is 27.2 Å². The van der Waals surface area contributed by atoms with Gasteiger partial charge in [-0.1, -0.05) is 34.0 Å². The third-order valence-corrected chi connectivity index (χ3v) is 6.21. The number of nitrogens with one attached hydrogen (secondary N) is 1. The summed E-state index contributed by atoms with van der Waals surface area (Å²) in [4.78, 5) is 11.7. The Bertz CT molecular complexity index is 650. The predicted molar refractivity (Wildman–Crippen MR) is 84.8 cm³/mol. The highest BCUT2D eigenvalue weighted by Gasteiger charge is 2.42. The summed E-state index contributed by atoms with van der Waals surface area (Å²) in [6.45, 7) is 0. The van der Waals surface area contributed by atoms with Gasteiger partial charge < -0.3 is 4.74 Å². The lowest BCUT2D eigenvalue weighted by atomic mass is 10.1. The molecule has 5 nitrogen and oxygen atoms in total. The molecule has 1 N–H and O–H groups in total. The standard InChI is InChI=1S/C13H15BrClNO4S/c1-20-13(17)9-3-2-4-12(9)21(18,19)16-11-6-5-8(14)7-10(11)15/h5-7,9,12,16H,2-4H2,1H3. The molecule has 8 heteroatoms. The van der Waals surface area contributed by atoms with E-state index in [0.29, 0.717) is 30.0 Å². The second kappa shape index (κ2) is 6.54. The molecule has 2 unspecified atom stereocenters. The molecule has 2 atom stereocenters. The fourth-order valence-corrected chi connectivity index (χ4v) is 5.09. The maximum Gasteiger partial charge on any atom is 0.310 e. The van der Waals surface area contributed by atoms with Crippen molar-refractivity contribution in [2.75, 3.05) is 11.8 Å². The summed E-state index contributed by atoms with van der Waals surface area (Å²) in [5.41, 5.74) is 0.301. The number of rotatable bonds is 4. The van der Waals surface area contributed by atoms with Crippen LogP contribution in [0.25, 0.3) is 0 Å². The monoisotopic (exact) mass is 395 g/mol. The Morgan fingerprint density at radius 2 is 2.14 bits per heavy atom. The van der Waals surface area contributed by atoms with Crippen molar-refractivity contribution in [1.29, 1.82) is 0 Å². The summed E-state index contributed by atoms with van der Waals surface area (Å²) >= 11 is 9.28. The number of methoxy groups -OCH3 is 1. The first kappa shape index (κ1) is 16.6. The van der Waals surface area contributed by atoms with E-state index in [-0.39, 0.29) is 0 Å². The number of benzene rings is 1. The van der Waals surface area contributed by atoms with Crippen molar-refractivity contribution in [3.8, 4) is 0 Å².